The summed E-state index contributed by atoms with van der Waals surface area (Å²) < 4.78 is 0. The highest BCUT2D eigenvalue weighted by Crippen LogP contribution is 2.07. The first-order valence-electron chi connectivity index (χ1n) is 6.72. The molecule has 3 heteroatoms. The molecule has 0 aliphatic heterocycles. The predicted molar refractivity (Wildman–Crippen MR) is 69.5 cm³/mol. The van der Waals surface area contributed by atoms with Crippen molar-refractivity contribution in [2.24, 2.45) is 0 Å². The number of nitrogens with one attached hydrogen (secondary N) is 2. The molecule has 0 aliphatic rings. The van der Waals surface area contributed by atoms with E-state index in [9.17, 15) is 4.79 Å². The van der Waals surface area contributed by atoms with Crippen LogP contribution in [0.25, 0.3) is 0 Å². The normalized spacial score (nSPS) is 10.4. The summed E-state index contributed by atoms with van der Waals surface area (Å²) in [4.78, 5) is 10.9. The molecule has 3 nitrogen and oxygen atoms in total. The molecule has 96 valence electrons. The SMILES string of the molecule is CCCCCCCCCCNCC(=O)NC. The molecule has 0 saturated heterocycles. The molecule has 0 bridgehead atoms. The maximum Gasteiger partial charge on any atom is 0.233 e. The molecule has 0 rings (SSSR count). The van der Waals surface area contributed by atoms with E-state index in [0.717, 1.165) is 6.54 Å². The zero-order valence-electron chi connectivity index (χ0n) is 11.0. The van der Waals surface area contributed by atoms with Gasteiger partial charge in [-0.05, 0) is 13.0 Å². The standard InChI is InChI=1S/C13H28N2O/c1-3-4-5-6-7-8-9-10-11-15-12-13(16)14-2/h15H,3-12H2,1-2H3,(H,14,16). The van der Waals surface area contributed by atoms with E-state index < -0.39 is 0 Å². The molecule has 0 aromatic carbocycles. The lowest BCUT2D eigenvalue weighted by atomic mass is 10.1. The monoisotopic (exact) mass is 228 g/mol. The van der Waals surface area contributed by atoms with Gasteiger partial charge in [0.15, 0.2) is 0 Å². The predicted octanol–water partition coefficient (Wildman–Crippen LogP) is 2.46. The van der Waals surface area contributed by atoms with E-state index in [0.29, 0.717) is 6.54 Å². The second-order valence-corrected chi connectivity index (χ2v) is 4.32. The van der Waals surface area contributed by atoms with Crippen LogP contribution in [0.5, 0.6) is 0 Å². The van der Waals surface area contributed by atoms with Crippen molar-refractivity contribution in [2.45, 2.75) is 58.3 Å². The first-order valence-corrected chi connectivity index (χ1v) is 6.72. The molecule has 0 radical (unpaired) electrons. The molecule has 2 N–H and O–H groups in total. The second kappa shape index (κ2) is 12.5. The fourth-order valence-electron chi connectivity index (χ4n) is 1.67. The highest BCUT2D eigenvalue weighted by molar-refractivity contribution is 5.77. The van der Waals surface area contributed by atoms with Crippen LogP contribution in [0.1, 0.15) is 58.3 Å². The lowest BCUT2D eigenvalue weighted by molar-refractivity contribution is -0.119. The van der Waals surface area contributed by atoms with E-state index in [1.54, 1.807) is 7.05 Å². The largest absolute Gasteiger partial charge is 0.358 e. The van der Waals surface area contributed by atoms with Gasteiger partial charge in [0.05, 0.1) is 6.54 Å². The van der Waals surface area contributed by atoms with Gasteiger partial charge >= 0.3 is 0 Å². The Morgan fingerprint density at radius 1 is 0.938 bits per heavy atom. The van der Waals surface area contributed by atoms with Crippen molar-refractivity contribution >= 4 is 5.91 Å². The molecule has 0 spiro atoms. The van der Waals surface area contributed by atoms with Gasteiger partial charge < -0.3 is 10.6 Å². The maximum atomic E-state index is 10.9. The Morgan fingerprint density at radius 2 is 1.50 bits per heavy atom. The first-order chi connectivity index (χ1) is 7.81. The summed E-state index contributed by atoms with van der Waals surface area (Å²) in [5.74, 6) is 0.0690. The summed E-state index contributed by atoms with van der Waals surface area (Å²) in [7, 11) is 1.67. The summed E-state index contributed by atoms with van der Waals surface area (Å²) >= 11 is 0. The van der Waals surface area contributed by atoms with Gasteiger partial charge in [0.2, 0.25) is 5.91 Å². The first kappa shape index (κ1) is 15.4. The van der Waals surface area contributed by atoms with Crippen LogP contribution in [0.4, 0.5) is 0 Å². The van der Waals surface area contributed by atoms with Gasteiger partial charge in [0, 0.05) is 7.05 Å². The number of hydrogen-bond acceptors (Lipinski definition) is 2. The number of unbranched alkanes of at least 4 members (excludes halogenated alkanes) is 7. The summed E-state index contributed by atoms with van der Waals surface area (Å²) in [6.07, 6.45) is 10.7. The highest BCUT2D eigenvalue weighted by Gasteiger charge is 1.95. The van der Waals surface area contributed by atoms with Crippen LogP contribution < -0.4 is 10.6 Å². The number of amides is 1. The van der Waals surface area contributed by atoms with Crippen molar-refractivity contribution in [1.82, 2.24) is 10.6 Å². The third kappa shape index (κ3) is 11.5. The fourth-order valence-corrected chi connectivity index (χ4v) is 1.67. The third-order valence-corrected chi connectivity index (χ3v) is 2.77. The molecule has 0 aromatic rings. The van der Waals surface area contributed by atoms with Gasteiger partial charge in [-0.25, -0.2) is 0 Å². The molecule has 0 unspecified atom stereocenters. The van der Waals surface area contributed by atoms with E-state index in [1.807, 2.05) is 0 Å². The molecule has 0 fully saturated rings. The van der Waals surface area contributed by atoms with E-state index in [1.165, 1.54) is 51.4 Å². The number of carbonyl (C=O) groups is 1. The Hall–Kier alpha value is -0.570. The minimum absolute atomic E-state index is 0.0690. The third-order valence-electron chi connectivity index (χ3n) is 2.77. The molecule has 0 heterocycles. The van der Waals surface area contributed by atoms with E-state index in [2.05, 4.69) is 17.6 Å². The lowest BCUT2D eigenvalue weighted by Gasteiger charge is -2.04. The molecule has 1 amide bonds. The van der Waals surface area contributed by atoms with Gasteiger partial charge in [-0.3, -0.25) is 4.79 Å². The van der Waals surface area contributed by atoms with E-state index in [-0.39, 0.29) is 5.91 Å². The Kier molecular flexibility index (Phi) is 12.1. The molecule has 0 aliphatic carbocycles. The zero-order valence-corrected chi connectivity index (χ0v) is 11.0. The fraction of sp³-hybridized carbons (Fsp3) is 0.923. The number of hydrogen-bond donors (Lipinski definition) is 2. The molecular formula is C13H28N2O. The maximum absolute atomic E-state index is 10.9. The van der Waals surface area contributed by atoms with Gasteiger partial charge in [-0.2, -0.15) is 0 Å². The molecule has 16 heavy (non-hydrogen) atoms. The average molecular weight is 228 g/mol. The van der Waals surface area contributed by atoms with Crippen LogP contribution in [0.3, 0.4) is 0 Å². The van der Waals surface area contributed by atoms with Crippen molar-refractivity contribution in [1.29, 1.82) is 0 Å². The Bertz CT molecular complexity index is 160. The van der Waals surface area contributed by atoms with Gasteiger partial charge in [0.25, 0.3) is 0 Å². The van der Waals surface area contributed by atoms with Crippen LogP contribution in [0, 0.1) is 0 Å². The van der Waals surface area contributed by atoms with Crippen molar-refractivity contribution in [3.05, 3.63) is 0 Å². The quantitative estimate of drug-likeness (QED) is 0.533. The van der Waals surface area contributed by atoms with Gasteiger partial charge in [0.1, 0.15) is 0 Å². The topological polar surface area (TPSA) is 41.1 Å². The van der Waals surface area contributed by atoms with Crippen LogP contribution in [-0.2, 0) is 4.79 Å². The van der Waals surface area contributed by atoms with Gasteiger partial charge in [-0.15, -0.1) is 0 Å². The van der Waals surface area contributed by atoms with Crippen molar-refractivity contribution < 1.29 is 4.79 Å². The average Bonchev–Trinajstić information content (AvgIpc) is 2.31. The van der Waals surface area contributed by atoms with Crippen molar-refractivity contribution in [3.8, 4) is 0 Å². The smallest absolute Gasteiger partial charge is 0.233 e. The van der Waals surface area contributed by atoms with Gasteiger partial charge in [-0.1, -0.05) is 51.9 Å². The lowest BCUT2D eigenvalue weighted by Crippen LogP contribution is -2.31. The van der Waals surface area contributed by atoms with Crippen molar-refractivity contribution in [3.63, 3.8) is 0 Å². The second-order valence-electron chi connectivity index (χ2n) is 4.32. The molecule has 0 aromatic heterocycles. The number of rotatable bonds is 11. The minimum atomic E-state index is 0.0690. The Morgan fingerprint density at radius 3 is 2.06 bits per heavy atom. The van der Waals surface area contributed by atoms with Crippen molar-refractivity contribution in [2.75, 3.05) is 20.1 Å². The number of carbonyl (C=O) groups excluding carboxylic acids is 1. The Balaban J connectivity index is 2.96. The summed E-state index contributed by atoms with van der Waals surface area (Å²) in [6.45, 7) is 3.66. The zero-order chi connectivity index (χ0) is 12.1. The molecule has 0 atom stereocenters. The summed E-state index contributed by atoms with van der Waals surface area (Å²) in [5, 5.41) is 5.73. The minimum Gasteiger partial charge on any atom is -0.358 e. The van der Waals surface area contributed by atoms with Crippen LogP contribution in [0.2, 0.25) is 0 Å². The van der Waals surface area contributed by atoms with E-state index in [4.69, 9.17) is 0 Å². The summed E-state index contributed by atoms with van der Waals surface area (Å²) in [6, 6.07) is 0. The van der Waals surface area contributed by atoms with Crippen LogP contribution in [0.15, 0.2) is 0 Å². The molecule has 0 saturated carbocycles. The molecular weight excluding hydrogens is 200 g/mol. The number of likely N-dealkylation sites (N-methyl/N-ethyl adjacent to an activating group) is 1. The summed E-state index contributed by atoms with van der Waals surface area (Å²) in [5.41, 5.74) is 0. The van der Waals surface area contributed by atoms with E-state index >= 15 is 0 Å². The highest BCUT2D eigenvalue weighted by atomic mass is 16.1. The van der Waals surface area contributed by atoms with Crippen LogP contribution >= 0.6 is 0 Å². The Labute approximate surface area is 100 Å². The van der Waals surface area contributed by atoms with Crippen LogP contribution in [-0.4, -0.2) is 26.0 Å².